The van der Waals surface area contributed by atoms with E-state index in [0.29, 0.717) is 5.69 Å². The highest BCUT2D eigenvalue weighted by molar-refractivity contribution is 6.11. The number of carbonyl (C=O) groups excluding carboxylic acids is 1. The average Bonchev–Trinajstić information content (AvgIpc) is 2.43. The third-order valence-corrected chi connectivity index (χ3v) is 1.82. The van der Waals surface area contributed by atoms with Gasteiger partial charge in [0.15, 0.2) is 0 Å². The van der Waals surface area contributed by atoms with Crippen LogP contribution in [0.3, 0.4) is 0 Å². The number of amides is 2. The van der Waals surface area contributed by atoms with Gasteiger partial charge in [0.1, 0.15) is 5.69 Å². The summed E-state index contributed by atoms with van der Waals surface area (Å²) in [4.78, 5) is 12.4. The molecule has 2 rings (SSSR count). The fourth-order valence-electron chi connectivity index (χ4n) is 1.19. The Kier molecular flexibility index (Phi) is 1.78. The zero-order valence-corrected chi connectivity index (χ0v) is 7.25. The van der Waals surface area contributed by atoms with E-state index in [-0.39, 0.29) is 0 Å². The van der Waals surface area contributed by atoms with Crippen LogP contribution < -0.4 is 10.0 Å². The minimum absolute atomic E-state index is 0.498. The van der Waals surface area contributed by atoms with Crippen molar-refractivity contribution in [1.82, 2.24) is 0 Å². The highest BCUT2D eigenvalue weighted by Gasteiger charge is 2.35. The number of hydrazone groups is 1. The lowest BCUT2D eigenvalue weighted by atomic mass is 10.3. The second-order valence-electron chi connectivity index (χ2n) is 2.74. The Balaban J connectivity index is 2.42. The molecule has 2 amide bonds. The van der Waals surface area contributed by atoms with E-state index >= 15 is 0 Å². The van der Waals surface area contributed by atoms with E-state index in [1.807, 2.05) is 0 Å². The molecule has 0 aromatic heterocycles. The van der Waals surface area contributed by atoms with E-state index in [1.165, 1.54) is 0 Å². The molecule has 5 nitrogen and oxygen atoms in total. The largest absolute Gasteiger partial charge is 0.824 e. The molecule has 0 aliphatic carbocycles. The summed E-state index contributed by atoms with van der Waals surface area (Å²) >= 11 is 0. The highest BCUT2D eigenvalue weighted by atomic mass is 16.3. The van der Waals surface area contributed by atoms with Crippen molar-refractivity contribution in [1.29, 1.82) is 0 Å². The number of hydrogen-bond donors (Lipinski definition) is 0. The van der Waals surface area contributed by atoms with Gasteiger partial charge in [0.2, 0.25) is 6.02 Å². The van der Waals surface area contributed by atoms with Crippen LogP contribution in [0.25, 0.3) is 0 Å². The minimum Gasteiger partial charge on any atom is -0.824 e. The lowest BCUT2D eigenvalue weighted by Crippen LogP contribution is -2.40. The van der Waals surface area contributed by atoms with Gasteiger partial charge in [-0.25, -0.2) is 0 Å². The van der Waals surface area contributed by atoms with Crippen LogP contribution in [0.1, 0.15) is 0 Å². The fraction of sp³-hybridized carbons (Fsp3) is 0. The van der Waals surface area contributed by atoms with E-state index in [9.17, 15) is 9.90 Å². The molecule has 0 spiro atoms. The Morgan fingerprint density at radius 1 is 1.36 bits per heavy atom. The number of nitrogens with zero attached hydrogens (tertiary/aromatic N) is 3. The molecule has 0 saturated carbocycles. The van der Waals surface area contributed by atoms with Gasteiger partial charge in [-0.05, 0) is 17.2 Å². The van der Waals surface area contributed by atoms with Crippen molar-refractivity contribution < 1.29 is 14.6 Å². The van der Waals surface area contributed by atoms with Crippen LogP contribution in [-0.2, 0) is 0 Å². The van der Waals surface area contributed by atoms with Crippen molar-refractivity contribution in [2.75, 3.05) is 4.90 Å². The second kappa shape index (κ2) is 2.95. The van der Waals surface area contributed by atoms with Crippen LogP contribution in [0, 0.1) is 0 Å². The number of urea groups is 1. The van der Waals surface area contributed by atoms with E-state index < -0.39 is 12.1 Å². The van der Waals surface area contributed by atoms with Crippen molar-refractivity contribution in [3.63, 3.8) is 0 Å². The van der Waals surface area contributed by atoms with Gasteiger partial charge in [-0.1, -0.05) is 22.9 Å². The molecule has 0 radical (unpaired) electrons. The standard InChI is InChI=1S/C9H7N3O2/c1-11-9(14)12(8(13)10-11)7-5-3-2-4-6-7/h2-6H,1H2. The van der Waals surface area contributed by atoms with Crippen molar-refractivity contribution in [2.45, 2.75) is 0 Å². The Morgan fingerprint density at radius 3 is 2.50 bits per heavy atom. The summed E-state index contributed by atoms with van der Waals surface area (Å²) in [6.07, 6.45) is 0. The lowest BCUT2D eigenvalue weighted by molar-refractivity contribution is -0.418. The minimum atomic E-state index is -0.615. The first-order valence-electron chi connectivity index (χ1n) is 3.95. The molecule has 1 aliphatic heterocycles. The van der Waals surface area contributed by atoms with E-state index in [1.54, 1.807) is 30.3 Å². The third kappa shape index (κ3) is 1.15. The number of rotatable bonds is 1. The summed E-state index contributed by atoms with van der Waals surface area (Å²) in [5, 5.41) is 14.6. The molecule has 0 fully saturated rings. The maximum absolute atomic E-state index is 11.4. The normalized spacial score (nSPS) is 16.0. The van der Waals surface area contributed by atoms with Gasteiger partial charge >= 0.3 is 6.03 Å². The van der Waals surface area contributed by atoms with E-state index in [4.69, 9.17) is 0 Å². The molecule has 1 aliphatic rings. The van der Waals surface area contributed by atoms with Crippen molar-refractivity contribution in [2.24, 2.45) is 5.10 Å². The summed E-state index contributed by atoms with van der Waals surface area (Å²) in [6, 6.07) is 7.43. The smallest absolute Gasteiger partial charge is 0.529 e. The molecule has 1 heterocycles. The van der Waals surface area contributed by atoms with Gasteiger partial charge in [-0.2, -0.15) is 4.79 Å². The first-order chi connectivity index (χ1) is 6.70. The van der Waals surface area contributed by atoms with Gasteiger partial charge < -0.3 is 5.11 Å². The third-order valence-electron chi connectivity index (χ3n) is 1.82. The summed E-state index contributed by atoms with van der Waals surface area (Å²) in [5.74, 6) is 0. The quantitative estimate of drug-likeness (QED) is 0.582. The number of carbonyl (C=O) groups is 1. The average molecular weight is 189 g/mol. The monoisotopic (exact) mass is 189 g/mol. The molecule has 14 heavy (non-hydrogen) atoms. The van der Waals surface area contributed by atoms with Crippen LogP contribution in [-0.4, -0.2) is 23.5 Å². The maximum atomic E-state index is 11.4. The molecule has 1 aromatic rings. The number of hydrogen-bond acceptors (Lipinski definition) is 3. The van der Waals surface area contributed by atoms with E-state index in [2.05, 4.69) is 11.8 Å². The van der Waals surface area contributed by atoms with E-state index in [0.717, 1.165) is 9.58 Å². The Hall–Kier alpha value is -2.17. The van der Waals surface area contributed by atoms with Crippen LogP contribution in [0.5, 0.6) is 0 Å². The van der Waals surface area contributed by atoms with Crippen molar-refractivity contribution in [3.8, 4) is 0 Å². The SMILES string of the molecule is C=[N+]1N=C([O-])N(c2ccccc2)C1=O. The molecule has 0 atom stereocenters. The number of para-hydroxylation sites is 1. The predicted octanol–water partition coefficient (Wildman–Crippen LogP) is -0.0290. The molecule has 70 valence electrons. The fourth-order valence-corrected chi connectivity index (χ4v) is 1.19. The van der Waals surface area contributed by atoms with Crippen molar-refractivity contribution in [3.05, 3.63) is 30.3 Å². The summed E-state index contributed by atoms with van der Waals surface area (Å²) in [7, 11) is 0. The Morgan fingerprint density at radius 2 is 2.00 bits per heavy atom. The molecular formula is C9H7N3O2. The van der Waals surface area contributed by atoms with Gasteiger partial charge in [0.05, 0.1) is 6.72 Å². The highest BCUT2D eigenvalue weighted by Crippen LogP contribution is 2.16. The zero-order valence-electron chi connectivity index (χ0n) is 7.25. The van der Waals surface area contributed by atoms with Gasteiger partial charge in [0.25, 0.3) is 0 Å². The van der Waals surface area contributed by atoms with Crippen LogP contribution in [0.4, 0.5) is 10.5 Å². The Labute approximate surface area is 80.2 Å². The van der Waals surface area contributed by atoms with Gasteiger partial charge in [-0.3, -0.25) is 0 Å². The zero-order chi connectivity index (χ0) is 10.1. The van der Waals surface area contributed by atoms with Crippen LogP contribution >= 0.6 is 0 Å². The van der Waals surface area contributed by atoms with Gasteiger partial charge in [0, 0.05) is 0 Å². The summed E-state index contributed by atoms with van der Waals surface area (Å²) in [5.41, 5.74) is 0.498. The molecule has 0 bridgehead atoms. The summed E-state index contributed by atoms with van der Waals surface area (Å²) < 4.78 is 0.773. The molecule has 1 aromatic carbocycles. The maximum Gasteiger partial charge on any atom is 0.529 e. The number of amidine groups is 1. The molecule has 0 saturated heterocycles. The molecule has 5 heteroatoms. The summed E-state index contributed by atoms with van der Waals surface area (Å²) in [6.45, 7) is 3.30. The first kappa shape index (κ1) is 8.43. The molecule has 0 N–H and O–H groups in total. The van der Waals surface area contributed by atoms with Crippen molar-refractivity contribution >= 4 is 24.5 Å². The predicted molar refractivity (Wildman–Crippen MR) is 49.1 cm³/mol. The molecule has 0 unspecified atom stereocenters. The first-order valence-corrected chi connectivity index (χ1v) is 3.95. The second-order valence-corrected chi connectivity index (χ2v) is 2.74. The number of anilines is 1. The lowest BCUT2D eigenvalue weighted by Gasteiger charge is -2.10. The Bertz CT molecular complexity index is 425. The number of benzene rings is 1. The van der Waals surface area contributed by atoms with Gasteiger partial charge in [-0.15, -0.1) is 4.90 Å². The topological polar surface area (TPSA) is 58.7 Å². The van der Waals surface area contributed by atoms with Crippen LogP contribution in [0.2, 0.25) is 0 Å². The molecular weight excluding hydrogens is 182 g/mol. The van der Waals surface area contributed by atoms with Crippen LogP contribution in [0.15, 0.2) is 35.4 Å².